The molecule has 0 fully saturated rings. The van der Waals surface area contributed by atoms with Gasteiger partial charge in [-0.25, -0.2) is 4.39 Å². The summed E-state index contributed by atoms with van der Waals surface area (Å²) in [4.78, 5) is 13.9. The maximum atomic E-state index is 13.0. The van der Waals surface area contributed by atoms with Gasteiger partial charge < -0.3 is 14.5 Å². The van der Waals surface area contributed by atoms with E-state index >= 15 is 0 Å². The Morgan fingerprint density at radius 3 is 2.72 bits per heavy atom. The summed E-state index contributed by atoms with van der Waals surface area (Å²) < 4.78 is 24.1. The van der Waals surface area contributed by atoms with Crippen molar-refractivity contribution in [3.05, 3.63) is 69.7 Å². The second-order valence-electron chi connectivity index (χ2n) is 9.09. The number of anilines is 1. The smallest absolute Gasteiger partial charge is 0.292 e. The Bertz CT molecular complexity index is 1170. The molecule has 1 amide bonds. The number of carbonyl (C=O) groups is 1. The van der Waals surface area contributed by atoms with Crippen LogP contribution >= 0.6 is 11.3 Å². The minimum absolute atomic E-state index is 0.115. The first-order valence-electron chi connectivity index (χ1n) is 10.6. The van der Waals surface area contributed by atoms with Crippen molar-refractivity contribution in [2.75, 3.05) is 5.32 Å². The fourth-order valence-electron chi connectivity index (χ4n) is 3.96. The molecule has 32 heavy (non-hydrogen) atoms. The molecule has 0 saturated heterocycles. The van der Waals surface area contributed by atoms with Crippen molar-refractivity contribution in [1.29, 1.82) is 5.26 Å². The van der Waals surface area contributed by atoms with E-state index in [2.05, 4.69) is 32.2 Å². The van der Waals surface area contributed by atoms with E-state index in [4.69, 9.17) is 9.15 Å². The molecule has 1 aliphatic carbocycles. The molecule has 0 aliphatic heterocycles. The Morgan fingerprint density at radius 2 is 2.03 bits per heavy atom. The van der Waals surface area contributed by atoms with Crippen LogP contribution in [-0.2, 0) is 19.4 Å². The van der Waals surface area contributed by atoms with Crippen LogP contribution in [0.5, 0.6) is 5.75 Å². The molecule has 3 aromatic rings. The van der Waals surface area contributed by atoms with Crippen LogP contribution < -0.4 is 10.1 Å². The molecular formula is C25H25FN2O3S. The van der Waals surface area contributed by atoms with E-state index in [1.807, 2.05) is 0 Å². The Morgan fingerprint density at radius 1 is 1.28 bits per heavy atom. The van der Waals surface area contributed by atoms with Crippen LogP contribution in [0.25, 0.3) is 0 Å². The van der Waals surface area contributed by atoms with E-state index in [0.29, 0.717) is 28.0 Å². The zero-order chi connectivity index (χ0) is 22.9. The van der Waals surface area contributed by atoms with E-state index in [1.165, 1.54) is 40.5 Å². The lowest BCUT2D eigenvalue weighted by Gasteiger charge is -2.33. The number of fused-ring (bicyclic) bond motifs is 1. The summed E-state index contributed by atoms with van der Waals surface area (Å²) in [7, 11) is 0. The van der Waals surface area contributed by atoms with E-state index in [9.17, 15) is 14.4 Å². The van der Waals surface area contributed by atoms with Crippen molar-refractivity contribution >= 4 is 22.2 Å². The molecule has 0 unspecified atom stereocenters. The second-order valence-corrected chi connectivity index (χ2v) is 10.2. The monoisotopic (exact) mass is 452 g/mol. The summed E-state index contributed by atoms with van der Waals surface area (Å²) in [5.41, 5.74) is 1.84. The lowest BCUT2D eigenvalue weighted by atomic mass is 9.72. The quantitative estimate of drug-likeness (QED) is 0.490. The third kappa shape index (κ3) is 4.71. The van der Waals surface area contributed by atoms with Crippen LogP contribution in [0.3, 0.4) is 0 Å². The van der Waals surface area contributed by atoms with Crippen molar-refractivity contribution in [3.8, 4) is 11.8 Å². The lowest BCUT2D eigenvalue weighted by Crippen LogP contribution is -2.26. The van der Waals surface area contributed by atoms with Gasteiger partial charge in [0.15, 0.2) is 5.76 Å². The normalized spacial score (nSPS) is 15.7. The fourth-order valence-corrected chi connectivity index (χ4v) is 5.23. The van der Waals surface area contributed by atoms with Gasteiger partial charge in [-0.2, -0.15) is 5.26 Å². The van der Waals surface area contributed by atoms with Crippen LogP contribution in [0, 0.1) is 28.5 Å². The summed E-state index contributed by atoms with van der Waals surface area (Å²) in [6, 6.07) is 11.2. The van der Waals surface area contributed by atoms with Gasteiger partial charge in [0.1, 0.15) is 35.0 Å². The maximum Gasteiger partial charge on any atom is 0.292 e. The number of amides is 1. The number of thiophene rings is 1. The van der Waals surface area contributed by atoms with Gasteiger partial charge in [-0.05, 0) is 72.6 Å². The van der Waals surface area contributed by atoms with Crippen LogP contribution in [0.2, 0.25) is 0 Å². The molecule has 5 nitrogen and oxygen atoms in total. The Labute approximate surface area is 190 Å². The number of benzene rings is 1. The van der Waals surface area contributed by atoms with Gasteiger partial charge in [0.05, 0.1) is 5.56 Å². The molecule has 0 bridgehead atoms. The minimum atomic E-state index is -0.402. The van der Waals surface area contributed by atoms with Gasteiger partial charge in [-0.3, -0.25) is 4.79 Å². The molecule has 166 valence electrons. The molecule has 2 aromatic heterocycles. The van der Waals surface area contributed by atoms with Gasteiger partial charge in [0, 0.05) is 4.88 Å². The van der Waals surface area contributed by atoms with Crippen molar-refractivity contribution in [2.45, 2.75) is 46.6 Å². The maximum absolute atomic E-state index is 13.0. The fraction of sp³-hybridized carbons (Fsp3) is 0.360. The second kappa shape index (κ2) is 8.79. The van der Waals surface area contributed by atoms with E-state index in [-0.39, 0.29) is 23.6 Å². The molecule has 1 N–H and O–H groups in total. The first kappa shape index (κ1) is 22.1. The van der Waals surface area contributed by atoms with Gasteiger partial charge in [-0.15, -0.1) is 11.3 Å². The van der Waals surface area contributed by atoms with Crippen molar-refractivity contribution in [3.63, 3.8) is 0 Å². The molecule has 0 saturated carbocycles. The molecule has 2 heterocycles. The number of carbonyl (C=O) groups excluding carboxylic acids is 1. The van der Waals surface area contributed by atoms with Gasteiger partial charge in [0.2, 0.25) is 0 Å². The van der Waals surface area contributed by atoms with Gasteiger partial charge in [0.25, 0.3) is 5.91 Å². The first-order chi connectivity index (χ1) is 15.2. The average molecular weight is 453 g/mol. The van der Waals surface area contributed by atoms with Crippen LogP contribution in [0.15, 0.2) is 40.8 Å². The summed E-state index contributed by atoms with van der Waals surface area (Å²) in [6.07, 6.45) is 2.84. The van der Waals surface area contributed by atoms with Crippen LogP contribution in [0.1, 0.15) is 59.5 Å². The van der Waals surface area contributed by atoms with Crippen molar-refractivity contribution in [1.82, 2.24) is 0 Å². The number of rotatable bonds is 5. The molecule has 4 rings (SSSR count). The molecule has 1 atom stereocenters. The zero-order valence-electron chi connectivity index (χ0n) is 18.3. The summed E-state index contributed by atoms with van der Waals surface area (Å²) >= 11 is 1.49. The first-order valence-corrected chi connectivity index (χ1v) is 11.4. The Balaban J connectivity index is 1.44. The number of nitrogens with one attached hydrogen (secondary N) is 1. The molecular weight excluding hydrogens is 427 g/mol. The van der Waals surface area contributed by atoms with Crippen molar-refractivity contribution < 1.29 is 18.3 Å². The van der Waals surface area contributed by atoms with E-state index in [1.54, 1.807) is 12.1 Å². The number of halogens is 1. The molecule has 7 heteroatoms. The number of nitrogens with zero attached hydrogens (tertiary/aromatic N) is 1. The van der Waals surface area contributed by atoms with Gasteiger partial charge >= 0.3 is 0 Å². The molecule has 1 aliphatic rings. The SMILES string of the molecule is CC(C)(C)[C@@H]1CCc2c(sc(NC(=O)c3ccc(COc4ccc(F)cc4)o3)c2C#N)C1. The number of ether oxygens (including phenoxy) is 1. The minimum Gasteiger partial charge on any atom is -0.486 e. The van der Waals surface area contributed by atoms with Crippen LogP contribution in [-0.4, -0.2) is 5.91 Å². The van der Waals surface area contributed by atoms with Gasteiger partial charge in [-0.1, -0.05) is 20.8 Å². The number of hydrogen-bond donors (Lipinski definition) is 1. The Hall–Kier alpha value is -3.11. The summed E-state index contributed by atoms with van der Waals surface area (Å²) in [5, 5.41) is 13.2. The topological polar surface area (TPSA) is 75.3 Å². The number of hydrogen-bond acceptors (Lipinski definition) is 5. The molecule has 1 aromatic carbocycles. The number of furan rings is 1. The highest BCUT2D eigenvalue weighted by Gasteiger charge is 2.32. The molecule has 0 spiro atoms. The highest BCUT2D eigenvalue weighted by molar-refractivity contribution is 7.16. The van der Waals surface area contributed by atoms with E-state index < -0.39 is 5.91 Å². The standard InChI is InChI=1S/C25H25FN2O3S/c1-25(2,3)15-4-10-19-20(13-27)24(32-22(19)12-15)28-23(29)21-11-9-18(31-21)14-30-17-7-5-16(26)6-8-17/h5-9,11,15H,4,10,12,14H2,1-3H3,(H,28,29)/t15-/m1/s1. The van der Waals surface area contributed by atoms with E-state index in [0.717, 1.165) is 24.8 Å². The lowest BCUT2D eigenvalue weighted by molar-refractivity contribution is 0.0993. The average Bonchev–Trinajstić information content (AvgIpc) is 3.36. The highest BCUT2D eigenvalue weighted by atomic mass is 32.1. The van der Waals surface area contributed by atoms with Crippen molar-refractivity contribution in [2.24, 2.45) is 11.3 Å². The third-order valence-corrected chi connectivity index (χ3v) is 7.08. The summed E-state index contributed by atoms with van der Waals surface area (Å²) in [5.74, 6) is 0.933. The predicted octanol–water partition coefficient (Wildman–Crippen LogP) is 6.33. The highest BCUT2D eigenvalue weighted by Crippen LogP contribution is 2.44. The zero-order valence-corrected chi connectivity index (χ0v) is 19.1. The summed E-state index contributed by atoms with van der Waals surface area (Å²) in [6.45, 7) is 6.86. The predicted molar refractivity (Wildman–Crippen MR) is 121 cm³/mol. The number of nitriles is 1. The van der Waals surface area contributed by atoms with Crippen LogP contribution in [0.4, 0.5) is 9.39 Å². The Kier molecular flexibility index (Phi) is 6.07. The largest absolute Gasteiger partial charge is 0.486 e. The molecule has 0 radical (unpaired) electrons. The third-order valence-electron chi connectivity index (χ3n) is 5.91.